The van der Waals surface area contributed by atoms with Gasteiger partial charge in [-0.05, 0) is 76.0 Å². The number of carbonyl (C=O) groups excluding carboxylic acids is 2. The predicted octanol–water partition coefficient (Wildman–Crippen LogP) is 5.97. The molecule has 0 spiro atoms. The van der Waals surface area contributed by atoms with Crippen LogP contribution in [0.1, 0.15) is 49.9 Å². The zero-order chi connectivity index (χ0) is 19.7. The Morgan fingerprint density at radius 3 is 1.08 bits per heavy atom. The van der Waals surface area contributed by atoms with Gasteiger partial charge in [-0.1, -0.05) is 59.7 Å². The van der Waals surface area contributed by atoms with Crippen LogP contribution in [0.2, 0.25) is 0 Å². The maximum Gasteiger partial charge on any atom is 0.155 e. The maximum atomic E-state index is 10.9. The third kappa shape index (κ3) is 7.89. The smallest absolute Gasteiger partial charge is 0.155 e. The van der Waals surface area contributed by atoms with Crippen LogP contribution in [0, 0.1) is 13.8 Å². The van der Waals surface area contributed by atoms with E-state index in [1.807, 2.05) is 88.4 Å². The molecule has 2 nitrogen and oxygen atoms in total. The molecule has 0 N–H and O–H groups in total. The molecule has 0 saturated carbocycles. The van der Waals surface area contributed by atoms with E-state index in [2.05, 4.69) is 0 Å². The van der Waals surface area contributed by atoms with E-state index in [1.165, 1.54) is 11.1 Å². The Labute approximate surface area is 157 Å². The lowest BCUT2D eigenvalue weighted by Gasteiger charge is -1.97. The summed E-state index contributed by atoms with van der Waals surface area (Å²) < 4.78 is 0. The van der Waals surface area contributed by atoms with Crippen molar-refractivity contribution in [2.24, 2.45) is 0 Å². The van der Waals surface area contributed by atoms with Crippen molar-refractivity contribution < 1.29 is 9.59 Å². The summed E-state index contributed by atoms with van der Waals surface area (Å²) >= 11 is 0. The van der Waals surface area contributed by atoms with Gasteiger partial charge in [-0.25, -0.2) is 0 Å². The third-order valence-corrected chi connectivity index (χ3v) is 4.03. The topological polar surface area (TPSA) is 34.1 Å². The van der Waals surface area contributed by atoms with Gasteiger partial charge in [0.2, 0.25) is 0 Å². The molecule has 0 radical (unpaired) electrons. The normalized spacial score (nSPS) is 11.5. The summed E-state index contributed by atoms with van der Waals surface area (Å²) in [6.45, 7) is 10.9. The summed E-state index contributed by atoms with van der Waals surface area (Å²) in [5.74, 6) is 0.251. The van der Waals surface area contributed by atoms with Crippen molar-refractivity contribution >= 4 is 23.7 Å². The molecule has 0 bridgehead atoms. The zero-order valence-electron chi connectivity index (χ0n) is 16.6. The number of hydrogen-bond acceptors (Lipinski definition) is 2. The fraction of sp³-hybridized carbons (Fsp3) is 0.250. The van der Waals surface area contributed by atoms with Gasteiger partial charge in [-0.3, -0.25) is 9.59 Å². The van der Waals surface area contributed by atoms with Gasteiger partial charge >= 0.3 is 0 Å². The Kier molecular flexibility index (Phi) is 8.44. The fourth-order valence-corrected chi connectivity index (χ4v) is 2.03. The van der Waals surface area contributed by atoms with Crippen molar-refractivity contribution in [1.82, 2.24) is 0 Å². The van der Waals surface area contributed by atoms with Crippen LogP contribution in [-0.4, -0.2) is 11.6 Å². The molecule has 0 aliphatic rings. The van der Waals surface area contributed by atoms with E-state index in [-0.39, 0.29) is 11.6 Å². The molecule has 2 rings (SSSR count). The standard InChI is InChI=1S/2C12H14O/c2*1-9-4-6-12(7-5-9)8-10(2)11(3)13/h2*4-8H,1-3H3/b2*10-8+. The van der Waals surface area contributed by atoms with Crippen molar-refractivity contribution in [2.45, 2.75) is 41.5 Å². The van der Waals surface area contributed by atoms with Crippen LogP contribution in [0.5, 0.6) is 0 Å². The maximum absolute atomic E-state index is 10.9. The highest BCUT2D eigenvalue weighted by atomic mass is 16.1. The minimum Gasteiger partial charge on any atom is -0.295 e. The first-order valence-electron chi connectivity index (χ1n) is 8.71. The minimum absolute atomic E-state index is 0.126. The molecule has 0 unspecified atom stereocenters. The van der Waals surface area contributed by atoms with E-state index >= 15 is 0 Å². The van der Waals surface area contributed by atoms with E-state index in [1.54, 1.807) is 13.8 Å². The van der Waals surface area contributed by atoms with E-state index in [0.29, 0.717) is 0 Å². The molecule has 0 atom stereocenters. The van der Waals surface area contributed by atoms with Crippen LogP contribution < -0.4 is 0 Å². The van der Waals surface area contributed by atoms with Gasteiger partial charge in [0.1, 0.15) is 0 Å². The molecule has 0 amide bonds. The highest BCUT2D eigenvalue weighted by Gasteiger charge is 1.96. The van der Waals surface area contributed by atoms with Gasteiger partial charge in [0, 0.05) is 0 Å². The van der Waals surface area contributed by atoms with Gasteiger partial charge in [-0.15, -0.1) is 0 Å². The zero-order valence-corrected chi connectivity index (χ0v) is 16.6. The van der Waals surface area contributed by atoms with E-state index < -0.39 is 0 Å². The first-order chi connectivity index (χ1) is 12.2. The molecule has 2 heteroatoms. The minimum atomic E-state index is 0.126. The summed E-state index contributed by atoms with van der Waals surface area (Å²) in [6, 6.07) is 16.2. The molecule has 0 aromatic heterocycles. The van der Waals surface area contributed by atoms with Crippen molar-refractivity contribution in [3.63, 3.8) is 0 Å². The molecule has 0 saturated heterocycles. The number of ketones is 2. The number of rotatable bonds is 4. The predicted molar refractivity (Wildman–Crippen MR) is 111 cm³/mol. The highest BCUT2D eigenvalue weighted by Crippen LogP contribution is 2.09. The largest absolute Gasteiger partial charge is 0.295 e. The van der Waals surface area contributed by atoms with Crippen LogP contribution in [0.25, 0.3) is 12.2 Å². The lowest BCUT2D eigenvalue weighted by molar-refractivity contribution is -0.114. The van der Waals surface area contributed by atoms with Crippen LogP contribution >= 0.6 is 0 Å². The van der Waals surface area contributed by atoms with Crippen molar-refractivity contribution in [3.05, 3.63) is 81.9 Å². The molecule has 2 aromatic rings. The Morgan fingerprint density at radius 1 is 0.577 bits per heavy atom. The Balaban J connectivity index is 0.000000260. The average molecular weight is 348 g/mol. The second-order valence-corrected chi connectivity index (χ2v) is 6.59. The average Bonchev–Trinajstić information content (AvgIpc) is 2.59. The van der Waals surface area contributed by atoms with E-state index in [0.717, 1.165) is 22.3 Å². The molecule has 136 valence electrons. The SMILES string of the molecule is CC(=O)/C(C)=C/c1ccc(C)cc1.CC(=O)/C(C)=C/c1ccc(C)cc1. The van der Waals surface area contributed by atoms with Crippen molar-refractivity contribution in [1.29, 1.82) is 0 Å². The lowest BCUT2D eigenvalue weighted by atomic mass is 10.1. The number of allylic oxidation sites excluding steroid dienone is 2. The van der Waals surface area contributed by atoms with Gasteiger partial charge in [-0.2, -0.15) is 0 Å². The van der Waals surface area contributed by atoms with Crippen LogP contribution in [0.4, 0.5) is 0 Å². The van der Waals surface area contributed by atoms with Gasteiger partial charge < -0.3 is 0 Å². The van der Waals surface area contributed by atoms with Gasteiger partial charge in [0.25, 0.3) is 0 Å². The quantitative estimate of drug-likeness (QED) is 0.637. The second-order valence-electron chi connectivity index (χ2n) is 6.59. The van der Waals surface area contributed by atoms with E-state index in [9.17, 15) is 9.59 Å². The fourth-order valence-electron chi connectivity index (χ4n) is 2.03. The molecule has 2 aromatic carbocycles. The summed E-state index contributed by atoms with van der Waals surface area (Å²) in [5.41, 5.74) is 6.22. The molecule has 0 aliphatic heterocycles. The molecule has 0 aliphatic carbocycles. The van der Waals surface area contributed by atoms with Crippen molar-refractivity contribution in [2.75, 3.05) is 0 Å². The van der Waals surface area contributed by atoms with Crippen LogP contribution in [-0.2, 0) is 9.59 Å². The van der Waals surface area contributed by atoms with Gasteiger partial charge in [0.15, 0.2) is 11.6 Å². The van der Waals surface area contributed by atoms with Crippen molar-refractivity contribution in [3.8, 4) is 0 Å². The molecule has 0 heterocycles. The van der Waals surface area contributed by atoms with Gasteiger partial charge in [0.05, 0.1) is 0 Å². The summed E-state index contributed by atoms with van der Waals surface area (Å²) in [7, 11) is 0. The molecular weight excluding hydrogens is 320 g/mol. The molecule has 26 heavy (non-hydrogen) atoms. The molecular formula is C24H28O2. The lowest BCUT2D eigenvalue weighted by Crippen LogP contribution is -1.90. The number of carbonyl (C=O) groups is 2. The highest BCUT2D eigenvalue weighted by molar-refractivity contribution is 5.97. The van der Waals surface area contributed by atoms with Crippen LogP contribution in [0.3, 0.4) is 0 Å². The first-order valence-corrected chi connectivity index (χ1v) is 8.71. The number of aryl methyl sites for hydroxylation is 2. The number of benzene rings is 2. The van der Waals surface area contributed by atoms with E-state index in [4.69, 9.17) is 0 Å². The summed E-state index contributed by atoms with van der Waals surface area (Å²) in [6.07, 6.45) is 3.81. The monoisotopic (exact) mass is 348 g/mol. The first kappa shape index (κ1) is 21.3. The molecule has 0 fully saturated rings. The number of hydrogen-bond donors (Lipinski definition) is 0. The Bertz CT molecular complexity index is 733. The summed E-state index contributed by atoms with van der Waals surface area (Å²) in [4.78, 5) is 21.9. The second kappa shape index (κ2) is 10.3. The Morgan fingerprint density at radius 2 is 0.846 bits per heavy atom. The van der Waals surface area contributed by atoms with Crippen LogP contribution in [0.15, 0.2) is 59.7 Å². The third-order valence-electron chi connectivity index (χ3n) is 4.03. The Hall–Kier alpha value is -2.74. The summed E-state index contributed by atoms with van der Waals surface area (Å²) in [5, 5.41) is 0. The number of Topliss-reactive ketones (excluding diaryl/α,β-unsaturated/α-hetero) is 2.